The summed E-state index contributed by atoms with van der Waals surface area (Å²) in [6, 6.07) is 14.1. The molecule has 2 atom stereocenters. The predicted molar refractivity (Wildman–Crippen MR) is 93.0 cm³/mol. The van der Waals surface area contributed by atoms with Crippen LogP contribution in [0.15, 0.2) is 48.5 Å². The average molecular weight is 335 g/mol. The van der Waals surface area contributed by atoms with E-state index in [1.54, 1.807) is 36.4 Å². The predicted octanol–water partition coefficient (Wildman–Crippen LogP) is 3.00. The third-order valence-corrected chi connectivity index (χ3v) is 6.22. The van der Waals surface area contributed by atoms with E-state index < -0.39 is 13.2 Å². The van der Waals surface area contributed by atoms with Gasteiger partial charge in [0.05, 0.1) is 7.11 Å². The van der Waals surface area contributed by atoms with Gasteiger partial charge in [0.15, 0.2) is 5.85 Å². The first-order valence-corrected chi connectivity index (χ1v) is 8.88. The molecule has 23 heavy (non-hydrogen) atoms. The lowest BCUT2D eigenvalue weighted by atomic mass is 10.2. The van der Waals surface area contributed by atoms with E-state index in [0.29, 0.717) is 16.6 Å². The van der Waals surface area contributed by atoms with Crippen molar-refractivity contribution in [2.75, 3.05) is 33.2 Å². The quantitative estimate of drug-likeness (QED) is 0.823. The van der Waals surface area contributed by atoms with Crippen LogP contribution in [0.5, 0.6) is 5.75 Å². The zero-order chi connectivity index (χ0) is 17.0. The molecule has 1 N–H and O–H groups in total. The van der Waals surface area contributed by atoms with E-state index in [2.05, 4.69) is 0 Å². The van der Waals surface area contributed by atoms with Crippen LogP contribution in [0, 0.1) is 0 Å². The molecule has 0 fully saturated rings. The Morgan fingerprint density at radius 2 is 1.65 bits per heavy atom. The van der Waals surface area contributed by atoms with Crippen molar-refractivity contribution in [2.24, 2.45) is 0 Å². The summed E-state index contributed by atoms with van der Waals surface area (Å²) < 4.78 is 23.8. The highest BCUT2D eigenvalue weighted by Crippen LogP contribution is 2.58. The Kier molecular flexibility index (Phi) is 5.47. The topological polar surface area (TPSA) is 59.0 Å². The van der Waals surface area contributed by atoms with Crippen LogP contribution in [0.3, 0.4) is 0 Å². The monoisotopic (exact) mass is 335 g/mol. The summed E-state index contributed by atoms with van der Waals surface area (Å²) in [7, 11) is 3.21. The Balaban J connectivity index is 2.45. The molecule has 0 heterocycles. The van der Waals surface area contributed by atoms with Crippen LogP contribution in [-0.4, -0.2) is 33.4 Å². The average Bonchev–Trinajstić information content (AvgIpc) is 2.60. The minimum Gasteiger partial charge on any atom is -0.496 e. The SMILES string of the molecule is COc1ccccc1[C@H](O)[P@](=O)(OC)c1ccc(N(C)C)cc1. The van der Waals surface area contributed by atoms with Crippen molar-refractivity contribution >= 4 is 18.4 Å². The third kappa shape index (κ3) is 3.42. The Morgan fingerprint density at radius 1 is 1.04 bits per heavy atom. The first-order valence-electron chi connectivity index (χ1n) is 7.18. The summed E-state index contributed by atoms with van der Waals surface area (Å²) in [5.74, 6) is -0.823. The van der Waals surface area contributed by atoms with Crippen molar-refractivity contribution in [2.45, 2.75) is 5.85 Å². The highest BCUT2D eigenvalue weighted by Gasteiger charge is 2.36. The molecule has 0 unspecified atom stereocenters. The molecule has 2 aromatic carbocycles. The first kappa shape index (κ1) is 17.5. The van der Waals surface area contributed by atoms with Gasteiger partial charge < -0.3 is 19.3 Å². The molecule has 6 heteroatoms. The smallest absolute Gasteiger partial charge is 0.264 e. The zero-order valence-electron chi connectivity index (χ0n) is 13.8. The summed E-state index contributed by atoms with van der Waals surface area (Å²) in [4.78, 5) is 1.94. The Labute approximate surface area is 136 Å². The summed E-state index contributed by atoms with van der Waals surface area (Å²) in [5.41, 5.74) is 1.42. The molecule has 0 aliphatic heterocycles. The molecule has 0 spiro atoms. The minimum absolute atomic E-state index is 0.442. The molecule has 0 aliphatic rings. The maximum absolute atomic E-state index is 13.3. The van der Waals surface area contributed by atoms with E-state index in [0.717, 1.165) is 5.69 Å². The molecule has 5 nitrogen and oxygen atoms in total. The van der Waals surface area contributed by atoms with Crippen LogP contribution in [0.2, 0.25) is 0 Å². The number of benzene rings is 2. The highest BCUT2D eigenvalue weighted by molar-refractivity contribution is 7.67. The third-order valence-electron chi connectivity index (χ3n) is 3.74. The Hall–Kier alpha value is -1.81. The van der Waals surface area contributed by atoms with Crippen LogP contribution in [0.4, 0.5) is 5.69 Å². The summed E-state index contributed by atoms with van der Waals surface area (Å²) in [6.45, 7) is 0. The minimum atomic E-state index is -3.50. The fourth-order valence-electron chi connectivity index (χ4n) is 2.37. The number of ether oxygens (including phenoxy) is 1. The largest absolute Gasteiger partial charge is 0.496 e. The van der Waals surface area contributed by atoms with Gasteiger partial charge in [0.1, 0.15) is 5.75 Å². The number of methoxy groups -OCH3 is 1. The lowest BCUT2D eigenvalue weighted by Crippen LogP contribution is -2.15. The van der Waals surface area contributed by atoms with Crippen molar-refractivity contribution in [3.05, 3.63) is 54.1 Å². The maximum atomic E-state index is 13.3. The van der Waals surface area contributed by atoms with Crippen molar-refractivity contribution in [3.8, 4) is 5.75 Å². The molecule has 124 valence electrons. The van der Waals surface area contributed by atoms with Gasteiger partial charge in [0.25, 0.3) is 7.37 Å². The van der Waals surface area contributed by atoms with E-state index in [4.69, 9.17) is 9.26 Å². The van der Waals surface area contributed by atoms with Gasteiger partial charge in [-0.15, -0.1) is 0 Å². The second-order valence-corrected chi connectivity index (χ2v) is 7.87. The van der Waals surface area contributed by atoms with Gasteiger partial charge in [0, 0.05) is 37.8 Å². The molecule has 2 aromatic rings. The molecule has 2 rings (SSSR count). The van der Waals surface area contributed by atoms with Crippen LogP contribution in [-0.2, 0) is 9.09 Å². The second kappa shape index (κ2) is 7.18. The van der Waals surface area contributed by atoms with Gasteiger partial charge >= 0.3 is 0 Å². The molecule has 0 saturated heterocycles. The van der Waals surface area contributed by atoms with Crippen molar-refractivity contribution in [1.82, 2.24) is 0 Å². The number of aliphatic hydroxyl groups excluding tert-OH is 1. The normalized spacial score (nSPS) is 14.8. The summed E-state index contributed by atoms with van der Waals surface area (Å²) in [6.07, 6.45) is 0. The van der Waals surface area contributed by atoms with E-state index in [-0.39, 0.29) is 0 Å². The Morgan fingerprint density at radius 3 is 2.17 bits per heavy atom. The lowest BCUT2D eigenvalue weighted by Gasteiger charge is -2.24. The van der Waals surface area contributed by atoms with Gasteiger partial charge in [-0.1, -0.05) is 18.2 Å². The van der Waals surface area contributed by atoms with Crippen molar-refractivity contribution in [1.29, 1.82) is 0 Å². The van der Waals surface area contributed by atoms with Gasteiger partial charge in [0.2, 0.25) is 0 Å². The molecule has 0 amide bonds. The Bertz CT molecular complexity index is 700. The standard InChI is InChI=1S/C17H22NO4P/c1-18(2)13-9-11-14(12-10-13)23(20,22-4)17(19)15-7-5-6-8-16(15)21-3/h5-12,17,19H,1-4H3/t17-,23-/m1/s1. The zero-order valence-corrected chi connectivity index (χ0v) is 14.7. The van der Waals surface area contributed by atoms with Crippen LogP contribution in [0.1, 0.15) is 11.4 Å². The number of anilines is 1. The molecule has 0 bridgehead atoms. The fraction of sp³-hybridized carbons (Fsp3) is 0.294. The summed E-state index contributed by atoms with van der Waals surface area (Å²) in [5, 5.41) is 11.2. The number of nitrogens with zero attached hydrogens (tertiary/aromatic N) is 1. The van der Waals surface area contributed by atoms with E-state index >= 15 is 0 Å². The molecule has 0 radical (unpaired) electrons. The highest BCUT2D eigenvalue weighted by atomic mass is 31.2. The van der Waals surface area contributed by atoms with Gasteiger partial charge in [-0.3, -0.25) is 4.57 Å². The number of hydrogen-bond donors (Lipinski definition) is 1. The number of aliphatic hydroxyl groups is 1. The van der Waals surface area contributed by atoms with E-state index in [1.807, 2.05) is 31.1 Å². The van der Waals surface area contributed by atoms with E-state index in [9.17, 15) is 9.67 Å². The van der Waals surface area contributed by atoms with Crippen molar-refractivity contribution < 1.29 is 18.9 Å². The van der Waals surface area contributed by atoms with Gasteiger partial charge in [-0.25, -0.2) is 0 Å². The fourth-order valence-corrected chi connectivity index (χ4v) is 4.20. The van der Waals surface area contributed by atoms with Crippen LogP contribution >= 0.6 is 7.37 Å². The van der Waals surface area contributed by atoms with Gasteiger partial charge in [-0.05, 0) is 30.3 Å². The molecular formula is C17H22NO4P. The van der Waals surface area contributed by atoms with Gasteiger partial charge in [-0.2, -0.15) is 0 Å². The maximum Gasteiger partial charge on any atom is 0.264 e. The molecule has 0 saturated carbocycles. The van der Waals surface area contributed by atoms with Crippen molar-refractivity contribution in [3.63, 3.8) is 0 Å². The lowest BCUT2D eigenvalue weighted by molar-refractivity contribution is 0.224. The number of hydrogen-bond acceptors (Lipinski definition) is 5. The first-order chi connectivity index (χ1) is 10.9. The van der Waals surface area contributed by atoms with Crippen LogP contribution < -0.4 is 14.9 Å². The number of para-hydroxylation sites is 1. The number of rotatable bonds is 6. The van der Waals surface area contributed by atoms with Crippen LogP contribution in [0.25, 0.3) is 0 Å². The second-order valence-electron chi connectivity index (χ2n) is 5.31. The summed E-state index contributed by atoms with van der Waals surface area (Å²) >= 11 is 0. The molecular weight excluding hydrogens is 313 g/mol. The van der Waals surface area contributed by atoms with E-state index in [1.165, 1.54) is 14.2 Å². The molecule has 0 aromatic heterocycles. The molecule has 0 aliphatic carbocycles.